The number of thiophene rings is 1. The summed E-state index contributed by atoms with van der Waals surface area (Å²) in [6, 6.07) is 7.16. The fraction of sp³-hybridized carbons (Fsp3) is 0.375. The molecular formula is C32H29ClF2N8O2S. The first-order valence-electron chi connectivity index (χ1n) is 15.1. The lowest BCUT2D eigenvalue weighted by atomic mass is 9.91. The largest absolute Gasteiger partial charge is 0.461 e. The van der Waals surface area contributed by atoms with Gasteiger partial charge in [0.25, 0.3) is 0 Å². The molecule has 2 saturated heterocycles. The Balaban J connectivity index is 1.31. The van der Waals surface area contributed by atoms with Crippen LogP contribution in [-0.4, -0.2) is 56.5 Å². The van der Waals surface area contributed by atoms with Crippen LogP contribution < -0.4 is 15.8 Å². The summed E-state index contributed by atoms with van der Waals surface area (Å²) in [6.07, 6.45) is 1.33. The first-order chi connectivity index (χ1) is 22.3. The van der Waals surface area contributed by atoms with Crippen LogP contribution in [0, 0.1) is 24.1 Å². The molecule has 0 spiro atoms. The minimum Gasteiger partial charge on any atom is -0.461 e. The Morgan fingerprint density at radius 1 is 1.30 bits per heavy atom. The van der Waals surface area contributed by atoms with E-state index >= 15 is 4.39 Å². The van der Waals surface area contributed by atoms with Crippen LogP contribution in [-0.2, 0) is 24.5 Å². The van der Waals surface area contributed by atoms with Crippen LogP contribution in [0.15, 0.2) is 18.2 Å². The number of fused-ring (bicyclic) bond motifs is 5. The van der Waals surface area contributed by atoms with Crippen LogP contribution in [0.3, 0.4) is 0 Å². The molecule has 10 nitrogen and oxygen atoms in total. The summed E-state index contributed by atoms with van der Waals surface area (Å²) in [4.78, 5) is 11.8. The predicted molar refractivity (Wildman–Crippen MR) is 172 cm³/mol. The number of hydrogen-bond donors (Lipinski definition) is 3. The molecule has 4 N–H and O–H groups in total. The van der Waals surface area contributed by atoms with Gasteiger partial charge in [0.1, 0.15) is 35.5 Å². The lowest BCUT2D eigenvalue weighted by Gasteiger charge is -2.30. The van der Waals surface area contributed by atoms with Crippen LogP contribution in [0.25, 0.3) is 32.1 Å². The molecule has 0 bridgehead atoms. The number of nitrogen functional groups attached to an aromatic ring is 1. The van der Waals surface area contributed by atoms with Gasteiger partial charge in [-0.1, -0.05) is 17.7 Å². The maximum Gasteiger partial charge on any atom is 0.319 e. The van der Waals surface area contributed by atoms with Crippen molar-refractivity contribution in [3.05, 3.63) is 57.1 Å². The van der Waals surface area contributed by atoms with E-state index in [1.54, 1.807) is 6.07 Å². The molecule has 0 radical (unpaired) electrons. The topological polar surface area (TPSA) is 138 Å². The van der Waals surface area contributed by atoms with Gasteiger partial charge in [0.05, 0.1) is 57.2 Å². The molecule has 0 saturated carbocycles. The lowest BCUT2D eigenvalue weighted by molar-refractivity contribution is 0.107. The Bertz CT molecular complexity index is 2090. The number of benzene rings is 2. The van der Waals surface area contributed by atoms with E-state index < -0.39 is 17.5 Å². The number of halogens is 3. The van der Waals surface area contributed by atoms with E-state index in [9.17, 15) is 9.65 Å². The van der Waals surface area contributed by atoms with Crippen molar-refractivity contribution in [3.8, 4) is 23.2 Å². The van der Waals surface area contributed by atoms with Gasteiger partial charge in [0, 0.05) is 29.6 Å². The Morgan fingerprint density at radius 2 is 2.15 bits per heavy atom. The zero-order valence-corrected chi connectivity index (χ0v) is 26.4. The second kappa shape index (κ2) is 11.0. The van der Waals surface area contributed by atoms with Crippen LogP contribution >= 0.6 is 22.9 Å². The van der Waals surface area contributed by atoms with Crippen LogP contribution in [0.1, 0.15) is 47.3 Å². The third-order valence-corrected chi connectivity index (χ3v) is 10.8. The van der Waals surface area contributed by atoms with Crippen molar-refractivity contribution in [3.63, 3.8) is 0 Å². The van der Waals surface area contributed by atoms with E-state index in [0.717, 1.165) is 53.2 Å². The number of nitriles is 1. The summed E-state index contributed by atoms with van der Waals surface area (Å²) in [7, 11) is 0. The highest BCUT2D eigenvalue weighted by Crippen LogP contribution is 2.49. The summed E-state index contributed by atoms with van der Waals surface area (Å²) in [6.45, 7) is 4.30. The highest BCUT2D eigenvalue weighted by molar-refractivity contribution is 7.23. The van der Waals surface area contributed by atoms with Gasteiger partial charge in [-0.3, -0.25) is 10.00 Å². The molecule has 0 unspecified atom stereocenters. The van der Waals surface area contributed by atoms with Gasteiger partial charge < -0.3 is 20.5 Å². The fourth-order valence-electron chi connectivity index (χ4n) is 7.38. The van der Waals surface area contributed by atoms with E-state index in [0.29, 0.717) is 52.7 Å². The van der Waals surface area contributed by atoms with E-state index in [1.807, 2.05) is 13.0 Å². The molecule has 6 heterocycles. The Kier molecular flexibility index (Phi) is 7.02. The number of nitrogens with two attached hydrogens (primary N) is 1. The van der Waals surface area contributed by atoms with Crippen molar-refractivity contribution in [2.75, 3.05) is 30.7 Å². The molecule has 3 aliphatic rings. The zero-order valence-electron chi connectivity index (χ0n) is 24.8. The second-order valence-electron chi connectivity index (χ2n) is 12.2. The van der Waals surface area contributed by atoms with Gasteiger partial charge in [-0.15, -0.1) is 11.3 Å². The SMILES string of the molecule is Cc1cc(CNc2nc(OC[C@@]34CCCN3C[C@H](F)C4)nc3c(Cl)c(-c4ccc(F)c5sc(N)c(C#N)c45)c4c(c23)COC4)n[nH]1. The molecule has 0 aliphatic carbocycles. The van der Waals surface area contributed by atoms with E-state index in [-0.39, 0.29) is 46.1 Å². The number of aromatic amines is 1. The highest BCUT2D eigenvalue weighted by Gasteiger charge is 2.49. The van der Waals surface area contributed by atoms with E-state index in [4.69, 9.17) is 36.8 Å². The van der Waals surface area contributed by atoms with Crippen molar-refractivity contribution < 1.29 is 18.3 Å². The molecule has 46 heavy (non-hydrogen) atoms. The fourth-order valence-corrected chi connectivity index (χ4v) is 8.68. The molecule has 236 valence electrons. The summed E-state index contributed by atoms with van der Waals surface area (Å²) in [5, 5.41) is 22.3. The van der Waals surface area contributed by atoms with Gasteiger partial charge >= 0.3 is 6.01 Å². The summed E-state index contributed by atoms with van der Waals surface area (Å²) < 4.78 is 42.1. The van der Waals surface area contributed by atoms with E-state index in [2.05, 4.69) is 26.5 Å². The highest BCUT2D eigenvalue weighted by atomic mass is 35.5. The Morgan fingerprint density at radius 3 is 2.96 bits per heavy atom. The predicted octanol–water partition coefficient (Wildman–Crippen LogP) is 6.39. The summed E-state index contributed by atoms with van der Waals surface area (Å²) in [5.74, 6) is 0.0239. The smallest absolute Gasteiger partial charge is 0.319 e. The average Bonchev–Trinajstić information content (AvgIpc) is 3.85. The van der Waals surface area contributed by atoms with Gasteiger partial charge in [0.15, 0.2) is 0 Å². The minimum absolute atomic E-state index is 0.102. The van der Waals surface area contributed by atoms with Gasteiger partial charge in [0.2, 0.25) is 0 Å². The second-order valence-corrected chi connectivity index (χ2v) is 13.7. The minimum atomic E-state index is -0.896. The summed E-state index contributed by atoms with van der Waals surface area (Å²) in [5.41, 5.74) is 10.9. The van der Waals surface area contributed by atoms with Crippen LogP contribution in [0.5, 0.6) is 6.01 Å². The van der Waals surface area contributed by atoms with E-state index in [1.165, 1.54) is 6.07 Å². The molecule has 2 fully saturated rings. The number of aromatic nitrogens is 4. The van der Waals surface area contributed by atoms with Gasteiger partial charge in [-0.05, 0) is 55.1 Å². The van der Waals surface area contributed by atoms with Crippen LogP contribution in [0.2, 0.25) is 5.02 Å². The van der Waals surface area contributed by atoms with Crippen LogP contribution in [0.4, 0.5) is 19.6 Å². The molecule has 2 atom stereocenters. The van der Waals surface area contributed by atoms with Crippen molar-refractivity contribution >= 4 is 54.7 Å². The van der Waals surface area contributed by atoms with Crippen molar-refractivity contribution in [2.24, 2.45) is 0 Å². The maximum absolute atomic E-state index is 15.0. The first-order valence-corrected chi connectivity index (χ1v) is 16.3. The van der Waals surface area contributed by atoms with Crippen molar-refractivity contribution in [1.29, 1.82) is 5.26 Å². The third kappa shape index (κ3) is 4.58. The standard InChI is InChI=1S/C32H29ClF2N8O2S/c1-15-7-17(42-41-15)10-38-30-25-21-13-44-12-20(21)23(18-3-4-22(35)28-24(18)19(9-36)29(37)46-28)26(33)27(25)39-31(40-30)45-14-32-5-2-6-43(32)11-16(34)8-32/h3-4,7,16H,2,5-6,8,10-14,37H2,1H3,(H,41,42)(H,38,39,40)/t16-,32+/m1/s1. The number of ether oxygens (including phenoxy) is 2. The molecule has 0 amide bonds. The molecule has 8 rings (SSSR count). The number of hydrogen-bond acceptors (Lipinski definition) is 10. The molecule has 14 heteroatoms. The van der Waals surface area contributed by atoms with Gasteiger partial charge in [-0.2, -0.15) is 20.3 Å². The number of H-pyrrole nitrogens is 1. The lowest BCUT2D eigenvalue weighted by Crippen LogP contribution is -2.43. The quantitative estimate of drug-likeness (QED) is 0.181. The molecule has 3 aromatic heterocycles. The third-order valence-electron chi connectivity index (χ3n) is 9.40. The van der Waals surface area contributed by atoms with Gasteiger partial charge in [-0.25, -0.2) is 8.78 Å². The van der Waals surface area contributed by atoms with Crippen molar-refractivity contribution in [2.45, 2.75) is 57.7 Å². The number of nitrogens with one attached hydrogen (secondary N) is 2. The number of alkyl halides is 1. The first kappa shape index (κ1) is 29.3. The Labute approximate surface area is 271 Å². The number of nitrogens with zero attached hydrogens (tertiary/aromatic N) is 5. The monoisotopic (exact) mass is 662 g/mol. The number of rotatable bonds is 7. The average molecular weight is 663 g/mol. The number of anilines is 2. The normalized spacial score (nSPS) is 20.8. The number of aryl methyl sites for hydroxylation is 1. The summed E-state index contributed by atoms with van der Waals surface area (Å²) >= 11 is 8.32. The molecule has 2 aromatic carbocycles. The van der Waals surface area contributed by atoms with Crippen molar-refractivity contribution in [1.82, 2.24) is 25.1 Å². The molecular weight excluding hydrogens is 634 g/mol. The maximum atomic E-state index is 15.0. The molecule has 3 aliphatic heterocycles. The molecule has 5 aromatic rings. The Hall–Kier alpha value is -4.09. The zero-order chi connectivity index (χ0) is 31.7.